The topological polar surface area (TPSA) is 89.8 Å². The second-order valence-corrected chi connectivity index (χ2v) is 11.4. The Morgan fingerprint density at radius 2 is 1.03 bits per heavy atom. The van der Waals surface area contributed by atoms with Crippen molar-refractivity contribution in [2.24, 2.45) is 0 Å². The zero-order chi connectivity index (χ0) is 28.8. The van der Waals surface area contributed by atoms with Gasteiger partial charge in [0.2, 0.25) is 5.91 Å². The second-order valence-electron chi connectivity index (χ2n) is 11.4. The summed E-state index contributed by atoms with van der Waals surface area (Å²) in [6.45, 7) is 4.10. The van der Waals surface area contributed by atoms with Crippen LogP contribution in [0.1, 0.15) is 162 Å². The highest BCUT2D eigenvalue weighted by molar-refractivity contribution is 5.76. The third-order valence-electron chi connectivity index (χ3n) is 7.53. The Morgan fingerprint density at radius 3 is 1.54 bits per heavy atom. The van der Waals surface area contributed by atoms with Crippen LogP contribution < -0.4 is 5.32 Å². The molecule has 0 saturated heterocycles. The minimum Gasteiger partial charge on any atom is -0.394 e. The molecule has 0 rings (SSSR count). The van der Waals surface area contributed by atoms with E-state index in [0.29, 0.717) is 12.8 Å². The van der Waals surface area contributed by atoms with Crippen LogP contribution in [0, 0.1) is 0 Å². The van der Waals surface area contributed by atoms with Gasteiger partial charge in [0, 0.05) is 6.42 Å². The fourth-order valence-electron chi connectivity index (χ4n) is 4.86. The van der Waals surface area contributed by atoms with Gasteiger partial charge in [0.25, 0.3) is 0 Å². The first kappa shape index (κ1) is 37.8. The van der Waals surface area contributed by atoms with Crippen molar-refractivity contribution in [3.8, 4) is 0 Å². The van der Waals surface area contributed by atoms with Crippen molar-refractivity contribution in [1.29, 1.82) is 0 Å². The van der Waals surface area contributed by atoms with Gasteiger partial charge in [-0.3, -0.25) is 4.79 Å². The first-order valence-electron chi connectivity index (χ1n) is 16.6. The molecule has 39 heavy (non-hydrogen) atoms. The molecule has 0 spiro atoms. The highest BCUT2D eigenvalue weighted by Gasteiger charge is 2.26. The Hall–Kier alpha value is -1.17. The van der Waals surface area contributed by atoms with Crippen molar-refractivity contribution in [2.75, 3.05) is 6.61 Å². The van der Waals surface area contributed by atoms with E-state index in [0.717, 1.165) is 44.9 Å². The number of amides is 1. The Labute approximate surface area is 241 Å². The average molecular weight is 552 g/mol. The van der Waals surface area contributed by atoms with Gasteiger partial charge in [-0.2, -0.15) is 0 Å². The van der Waals surface area contributed by atoms with E-state index in [1.807, 2.05) is 0 Å². The van der Waals surface area contributed by atoms with Crippen molar-refractivity contribution in [3.05, 3.63) is 24.3 Å². The summed E-state index contributed by atoms with van der Waals surface area (Å²) < 4.78 is 0. The highest BCUT2D eigenvalue weighted by Crippen LogP contribution is 2.13. The van der Waals surface area contributed by atoms with E-state index < -0.39 is 18.2 Å². The van der Waals surface area contributed by atoms with Crippen LogP contribution in [0.15, 0.2) is 24.3 Å². The summed E-state index contributed by atoms with van der Waals surface area (Å²) in [4.78, 5) is 12.3. The van der Waals surface area contributed by atoms with Crippen LogP contribution in [0.3, 0.4) is 0 Å². The first-order valence-corrected chi connectivity index (χ1v) is 16.6. The molecule has 0 fully saturated rings. The molecule has 5 nitrogen and oxygen atoms in total. The van der Waals surface area contributed by atoms with Crippen molar-refractivity contribution in [1.82, 2.24) is 5.32 Å². The lowest BCUT2D eigenvalue weighted by atomic mass is 10.0. The van der Waals surface area contributed by atoms with E-state index in [1.54, 1.807) is 0 Å². The maximum Gasteiger partial charge on any atom is 0.220 e. The molecule has 230 valence electrons. The molecule has 0 aromatic carbocycles. The summed E-state index contributed by atoms with van der Waals surface area (Å²) in [5.41, 5.74) is 0. The summed E-state index contributed by atoms with van der Waals surface area (Å²) in [7, 11) is 0. The summed E-state index contributed by atoms with van der Waals surface area (Å²) in [6.07, 6.45) is 32.6. The van der Waals surface area contributed by atoms with E-state index in [-0.39, 0.29) is 12.5 Å². The molecule has 3 unspecified atom stereocenters. The average Bonchev–Trinajstić information content (AvgIpc) is 2.94. The SMILES string of the molecule is CCCCC/C=C\CCCCCCCC(=O)NC(CO)C(O)C(O)CCC/C=C/CCCCCCCCCC. The Balaban J connectivity index is 3.81. The van der Waals surface area contributed by atoms with Crippen LogP contribution in [0.25, 0.3) is 0 Å². The van der Waals surface area contributed by atoms with Gasteiger partial charge in [-0.15, -0.1) is 0 Å². The smallest absolute Gasteiger partial charge is 0.220 e. The molecule has 4 N–H and O–H groups in total. The normalized spacial score (nSPS) is 14.3. The zero-order valence-electron chi connectivity index (χ0n) is 25.8. The fourth-order valence-corrected chi connectivity index (χ4v) is 4.86. The largest absolute Gasteiger partial charge is 0.394 e. The lowest BCUT2D eigenvalue weighted by Crippen LogP contribution is -2.50. The molecule has 0 aromatic heterocycles. The number of carbonyl (C=O) groups excluding carboxylic acids is 1. The standard InChI is InChI=1S/C34H65NO4/c1-3-5-7-9-11-13-15-17-18-20-22-24-26-28-32(37)34(39)31(30-36)35-33(38)29-27-25-23-21-19-16-14-12-10-8-6-4-2/h12,14,20,22,31-32,34,36-37,39H,3-11,13,15-19,21,23-30H2,1-2H3,(H,35,38)/b14-12-,22-20+. The Bertz CT molecular complexity index is 578. The van der Waals surface area contributed by atoms with Crippen molar-refractivity contribution in [3.63, 3.8) is 0 Å². The number of nitrogens with one attached hydrogen (secondary N) is 1. The molecule has 5 heteroatoms. The minimum atomic E-state index is -1.16. The predicted molar refractivity (Wildman–Crippen MR) is 167 cm³/mol. The maximum atomic E-state index is 12.3. The molecule has 0 saturated carbocycles. The molecule has 0 bridgehead atoms. The highest BCUT2D eigenvalue weighted by atomic mass is 16.3. The molecule has 0 aliphatic rings. The van der Waals surface area contributed by atoms with Gasteiger partial charge in [0.05, 0.1) is 18.8 Å². The minimum absolute atomic E-state index is 0.167. The van der Waals surface area contributed by atoms with Gasteiger partial charge in [-0.05, 0) is 64.2 Å². The number of aliphatic hydroxyl groups is 3. The van der Waals surface area contributed by atoms with Crippen molar-refractivity contribution in [2.45, 2.75) is 180 Å². The number of aliphatic hydroxyl groups excluding tert-OH is 3. The van der Waals surface area contributed by atoms with Gasteiger partial charge >= 0.3 is 0 Å². The monoisotopic (exact) mass is 551 g/mol. The van der Waals surface area contributed by atoms with Crippen LogP contribution >= 0.6 is 0 Å². The predicted octanol–water partition coefficient (Wildman–Crippen LogP) is 8.31. The molecule has 0 heterocycles. The molecule has 0 aliphatic carbocycles. The number of allylic oxidation sites excluding steroid dienone is 4. The first-order chi connectivity index (χ1) is 19.1. The Morgan fingerprint density at radius 1 is 0.615 bits per heavy atom. The molecule has 3 atom stereocenters. The number of rotatable bonds is 29. The number of carbonyl (C=O) groups is 1. The van der Waals surface area contributed by atoms with E-state index in [1.165, 1.54) is 89.9 Å². The van der Waals surface area contributed by atoms with Crippen LogP contribution in [0.5, 0.6) is 0 Å². The third kappa shape index (κ3) is 25.5. The van der Waals surface area contributed by atoms with E-state index in [4.69, 9.17) is 0 Å². The number of hydrogen-bond acceptors (Lipinski definition) is 4. The van der Waals surface area contributed by atoms with Crippen molar-refractivity contribution < 1.29 is 20.1 Å². The molecule has 0 aliphatic heterocycles. The van der Waals surface area contributed by atoms with Crippen LogP contribution in [-0.2, 0) is 4.79 Å². The summed E-state index contributed by atoms with van der Waals surface area (Å²) in [5, 5.41) is 33.2. The zero-order valence-corrected chi connectivity index (χ0v) is 25.8. The van der Waals surface area contributed by atoms with Crippen LogP contribution in [-0.4, -0.2) is 46.1 Å². The van der Waals surface area contributed by atoms with Gasteiger partial charge in [-0.25, -0.2) is 0 Å². The summed E-state index contributed by atoms with van der Waals surface area (Å²) in [6, 6.07) is -0.825. The van der Waals surface area contributed by atoms with Crippen molar-refractivity contribution >= 4 is 5.91 Å². The summed E-state index contributed by atoms with van der Waals surface area (Å²) in [5.74, 6) is -0.167. The lowest BCUT2D eigenvalue weighted by molar-refractivity contribution is -0.124. The summed E-state index contributed by atoms with van der Waals surface area (Å²) >= 11 is 0. The molecule has 0 radical (unpaired) electrons. The Kier molecular flexibility index (Phi) is 28.9. The van der Waals surface area contributed by atoms with E-state index >= 15 is 0 Å². The number of hydrogen-bond donors (Lipinski definition) is 4. The van der Waals surface area contributed by atoms with E-state index in [2.05, 4.69) is 43.5 Å². The van der Waals surface area contributed by atoms with Gasteiger partial charge in [0.1, 0.15) is 6.10 Å². The van der Waals surface area contributed by atoms with E-state index in [9.17, 15) is 20.1 Å². The van der Waals surface area contributed by atoms with Gasteiger partial charge in [-0.1, -0.05) is 115 Å². The van der Waals surface area contributed by atoms with Gasteiger partial charge in [0.15, 0.2) is 0 Å². The fraction of sp³-hybridized carbons (Fsp3) is 0.853. The molecular weight excluding hydrogens is 486 g/mol. The molecular formula is C34H65NO4. The lowest BCUT2D eigenvalue weighted by Gasteiger charge is -2.26. The maximum absolute atomic E-state index is 12.3. The second kappa shape index (κ2) is 29.8. The quantitative estimate of drug-likeness (QED) is 0.0556. The van der Waals surface area contributed by atoms with Gasteiger partial charge < -0.3 is 20.6 Å². The molecule has 0 aromatic rings. The van der Waals surface area contributed by atoms with Crippen LogP contribution in [0.4, 0.5) is 0 Å². The molecule has 1 amide bonds. The third-order valence-corrected chi connectivity index (χ3v) is 7.53. The van der Waals surface area contributed by atoms with Crippen LogP contribution in [0.2, 0.25) is 0 Å². The number of unbranched alkanes of at least 4 members (excludes halogenated alkanes) is 17.